The molecule has 0 heterocycles. The van der Waals surface area contributed by atoms with Crippen molar-refractivity contribution in [1.29, 1.82) is 0 Å². The molecule has 0 aliphatic rings. The number of aliphatic carboxylic acids is 1. The predicted octanol–water partition coefficient (Wildman–Crippen LogP) is 8.60. The third-order valence-corrected chi connectivity index (χ3v) is 6.10. The second kappa shape index (κ2) is 23.6. The third kappa shape index (κ3) is 21.9. The highest BCUT2D eigenvalue weighted by molar-refractivity contribution is 5.77. The van der Waals surface area contributed by atoms with E-state index in [0.29, 0.717) is 12.8 Å². The van der Waals surface area contributed by atoms with E-state index in [4.69, 9.17) is 4.74 Å². The maximum Gasteiger partial charge on any atom is 0.345 e. The molecule has 4 heteroatoms. The number of carbonyl (C=O) groups is 2. The standard InChI is InChI=1S/C27H52O4/c1-3-5-7-8-9-10-11-12-13-14-15-16-17-18-19-20-21-22-23-25(27(29)30)31-26(28)24-6-4-2/h25H,3-24H2,1-2H3,(H,29,30). The SMILES string of the molecule is CCCCCCCCCCCCCCCCCCCCC(OC(=O)CCCC)C(=O)O. The van der Waals surface area contributed by atoms with Crippen molar-refractivity contribution >= 4 is 11.9 Å². The lowest BCUT2D eigenvalue weighted by Gasteiger charge is -2.13. The highest BCUT2D eigenvalue weighted by Gasteiger charge is 2.21. The summed E-state index contributed by atoms with van der Waals surface area (Å²) in [6.45, 7) is 4.27. The van der Waals surface area contributed by atoms with E-state index >= 15 is 0 Å². The first-order valence-electron chi connectivity index (χ1n) is 13.5. The summed E-state index contributed by atoms with van der Waals surface area (Å²) in [5.74, 6) is -1.39. The van der Waals surface area contributed by atoms with Gasteiger partial charge in [0.15, 0.2) is 6.10 Å². The van der Waals surface area contributed by atoms with Crippen molar-refractivity contribution in [3.05, 3.63) is 0 Å². The Morgan fingerprint density at radius 3 is 1.29 bits per heavy atom. The zero-order chi connectivity index (χ0) is 23.0. The smallest absolute Gasteiger partial charge is 0.345 e. The predicted molar refractivity (Wildman–Crippen MR) is 130 cm³/mol. The first-order valence-corrected chi connectivity index (χ1v) is 13.5. The summed E-state index contributed by atoms with van der Waals surface area (Å²) in [7, 11) is 0. The summed E-state index contributed by atoms with van der Waals surface area (Å²) in [5, 5.41) is 9.21. The topological polar surface area (TPSA) is 63.6 Å². The Labute approximate surface area is 192 Å². The molecule has 0 aromatic carbocycles. The van der Waals surface area contributed by atoms with Crippen LogP contribution in [0.1, 0.15) is 155 Å². The van der Waals surface area contributed by atoms with E-state index in [1.807, 2.05) is 6.92 Å². The van der Waals surface area contributed by atoms with Gasteiger partial charge in [-0.05, 0) is 19.3 Å². The number of carboxylic acid groups (broad SMARTS) is 1. The van der Waals surface area contributed by atoms with Gasteiger partial charge in [-0.2, -0.15) is 0 Å². The number of carbonyl (C=O) groups excluding carboxylic acids is 1. The molecule has 1 atom stereocenters. The Morgan fingerprint density at radius 2 is 0.935 bits per heavy atom. The highest BCUT2D eigenvalue weighted by atomic mass is 16.6. The summed E-state index contributed by atoms with van der Waals surface area (Å²) >= 11 is 0. The summed E-state index contributed by atoms with van der Waals surface area (Å²) < 4.78 is 5.11. The van der Waals surface area contributed by atoms with Crippen LogP contribution in [0.15, 0.2) is 0 Å². The first-order chi connectivity index (χ1) is 15.1. The van der Waals surface area contributed by atoms with Crippen LogP contribution in [0.25, 0.3) is 0 Å². The van der Waals surface area contributed by atoms with Crippen molar-refractivity contribution in [3.8, 4) is 0 Å². The fourth-order valence-electron chi connectivity index (χ4n) is 4.00. The molecule has 0 spiro atoms. The van der Waals surface area contributed by atoms with E-state index in [1.165, 1.54) is 96.3 Å². The van der Waals surface area contributed by atoms with Crippen LogP contribution >= 0.6 is 0 Å². The Hall–Kier alpha value is -1.06. The van der Waals surface area contributed by atoms with Gasteiger partial charge in [0, 0.05) is 6.42 Å². The molecule has 31 heavy (non-hydrogen) atoms. The summed E-state index contributed by atoms with van der Waals surface area (Å²) in [4.78, 5) is 22.9. The van der Waals surface area contributed by atoms with Crippen LogP contribution in [0.4, 0.5) is 0 Å². The molecule has 1 unspecified atom stereocenters. The van der Waals surface area contributed by atoms with E-state index in [1.54, 1.807) is 0 Å². The number of ether oxygens (including phenoxy) is 1. The third-order valence-electron chi connectivity index (χ3n) is 6.10. The molecule has 0 aliphatic heterocycles. The quantitative estimate of drug-likeness (QED) is 0.120. The fraction of sp³-hybridized carbons (Fsp3) is 0.926. The van der Waals surface area contributed by atoms with Crippen molar-refractivity contribution in [3.63, 3.8) is 0 Å². The van der Waals surface area contributed by atoms with Crippen molar-refractivity contribution in [2.24, 2.45) is 0 Å². The molecule has 0 aromatic rings. The maximum atomic E-state index is 11.6. The Morgan fingerprint density at radius 1 is 0.581 bits per heavy atom. The molecule has 0 saturated carbocycles. The van der Waals surface area contributed by atoms with Crippen LogP contribution in [0, 0.1) is 0 Å². The van der Waals surface area contributed by atoms with E-state index in [-0.39, 0.29) is 5.97 Å². The minimum atomic E-state index is -1.02. The summed E-state index contributed by atoms with van der Waals surface area (Å²) in [5.41, 5.74) is 0. The van der Waals surface area contributed by atoms with Crippen molar-refractivity contribution < 1.29 is 19.4 Å². The molecule has 0 aliphatic carbocycles. The van der Waals surface area contributed by atoms with Gasteiger partial charge >= 0.3 is 11.9 Å². The van der Waals surface area contributed by atoms with Crippen LogP contribution in [0.2, 0.25) is 0 Å². The lowest BCUT2D eigenvalue weighted by molar-refractivity contribution is -0.164. The molecule has 0 bridgehead atoms. The zero-order valence-corrected chi connectivity index (χ0v) is 20.8. The summed E-state index contributed by atoms with van der Waals surface area (Å²) in [6, 6.07) is 0. The lowest BCUT2D eigenvalue weighted by Crippen LogP contribution is -2.26. The molecule has 0 radical (unpaired) electrons. The number of hydrogen-bond donors (Lipinski definition) is 1. The molecule has 0 amide bonds. The van der Waals surface area contributed by atoms with E-state index in [0.717, 1.165) is 32.1 Å². The van der Waals surface area contributed by atoms with Crippen molar-refractivity contribution in [1.82, 2.24) is 0 Å². The van der Waals surface area contributed by atoms with Gasteiger partial charge in [-0.25, -0.2) is 4.79 Å². The van der Waals surface area contributed by atoms with Crippen molar-refractivity contribution in [2.75, 3.05) is 0 Å². The van der Waals surface area contributed by atoms with Gasteiger partial charge < -0.3 is 9.84 Å². The first kappa shape index (κ1) is 29.9. The average molecular weight is 441 g/mol. The second-order valence-corrected chi connectivity index (χ2v) is 9.22. The molecule has 0 rings (SSSR count). The largest absolute Gasteiger partial charge is 0.479 e. The van der Waals surface area contributed by atoms with Crippen LogP contribution in [-0.2, 0) is 14.3 Å². The van der Waals surface area contributed by atoms with Crippen LogP contribution in [0.3, 0.4) is 0 Å². The Balaban J connectivity index is 3.38. The lowest BCUT2D eigenvalue weighted by atomic mass is 10.0. The molecular formula is C27H52O4. The van der Waals surface area contributed by atoms with Crippen molar-refractivity contribution in [2.45, 2.75) is 161 Å². The highest BCUT2D eigenvalue weighted by Crippen LogP contribution is 2.15. The minimum absolute atomic E-state index is 0.319. The monoisotopic (exact) mass is 440 g/mol. The van der Waals surface area contributed by atoms with Crippen LogP contribution in [0.5, 0.6) is 0 Å². The number of rotatable bonds is 24. The molecule has 0 fully saturated rings. The molecule has 4 nitrogen and oxygen atoms in total. The van der Waals surface area contributed by atoms with Crippen LogP contribution < -0.4 is 0 Å². The second-order valence-electron chi connectivity index (χ2n) is 9.22. The van der Waals surface area contributed by atoms with Gasteiger partial charge in [-0.1, -0.05) is 129 Å². The van der Waals surface area contributed by atoms with E-state index < -0.39 is 12.1 Å². The molecule has 184 valence electrons. The van der Waals surface area contributed by atoms with E-state index in [9.17, 15) is 14.7 Å². The summed E-state index contributed by atoms with van der Waals surface area (Å²) in [6.07, 6.45) is 25.1. The van der Waals surface area contributed by atoms with Gasteiger partial charge in [-0.3, -0.25) is 4.79 Å². The van der Waals surface area contributed by atoms with Gasteiger partial charge in [0.25, 0.3) is 0 Å². The van der Waals surface area contributed by atoms with E-state index in [2.05, 4.69) is 6.92 Å². The van der Waals surface area contributed by atoms with Gasteiger partial charge in [0.1, 0.15) is 0 Å². The van der Waals surface area contributed by atoms with Gasteiger partial charge in [0.2, 0.25) is 0 Å². The number of unbranched alkanes of at least 4 members (excludes halogenated alkanes) is 18. The maximum absolute atomic E-state index is 11.6. The van der Waals surface area contributed by atoms with Crippen LogP contribution in [-0.4, -0.2) is 23.1 Å². The van der Waals surface area contributed by atoms with Gasteiger partial charge in [0.05, 0.1) is 0 Å². The fourth-order valence-corrected chi connectivity index (χ4v) is 4.00. The Bertz CT molecular complexity index is 408. The molecule has 0 aromatic heterocycles. The van der Waals surface area contributed by atoms with Gasteiger partial charge in [-0.15, -0.1) is 0 Å². The molecule has 1 N–H and O–H groups in total. The number of carboxylic acids is 1. The average Bonchev–Trinajstić information content (AvgIpc) is 2.75. The molecular weight excluding hydrogens is 388 g/mol. The Kier molecular flexibility index (Phi) is 22.8. The number of esters is 1. The minimum Gasteiger partial charge on any atom is -0.479 e. The molecule has 0 saturated heterocycles. The zero-order valence-electron chi connectivity index (χ0n) is 20.8. The normalized spacial score (nSPS) is 12.1. The number of hydrogen-bond acceptors (Lipinski definition) is 3.